The number of benzene rings is 1. The smallest absolute Gasteiger partial charge is 0.326 e. The van der Waals surface area contributed by atoms with Crippen molar-refractivity contribution in [1.82, 2.24) is 24.8 Å². The van der Waals surface area contributed by atoms with Crippen LogP contribution in [0.4, 0.5) is 20.4 Å². The molecule has 4 heterocycles. The van der Waals surface area contributed by atoms with E-state index in [1.54, 1.807) is 23.4 Å². The fourth-order valence-electron chi connectivity index (χ4n) is 5.18. The number of unbranched alkanes of at least 4 members (excludes halogenated alkanes) is 1. The number of aliphatic carboxylic acids is 1. The molecule has 1 aliphatic rings. The van der Waals surface area contributed by atoms with Gasteiger partial charge in [-0.25, -0.2) is 28.5 Å². The largest absolute Gasteiger partial charge is 0.480 e. The lowest BCUT2D eigenvalue weighted by atomic mass is 10.1. The van der Waals surface area contributed by atoms with E-state index in [1.165, 1.54) is 5.56 Å². The van der Waals surface area contributed by atoms with Crippen molar-refractivity contribution >= 4 is 28.5 Å². The highest BCUT2D eigenvalue weighted by Crippen LogP contribution is 2.26. The lowest BCUT2D eigenvalue weighted by molar-refractivity contribution is -0.138. The first-order valence-corrected chi connectivity index (χ1v) is 14.4. The highest BCUT2D eigenvalue weighted by molar-refractivity contribution is 5.92. The number of halogens is 2. The zero-order valence-electron chi connectivity index (χ0n) is 23.3. The topological polar surface area (TPSA) is 116 Å². The molecule has 5 rings (SSSR count). The van der Waals surface area contributed by atoms with Crippen LogP contribution in [0.3, 0.4) is 0 Å². The highest BCUT2D eigenvalue weighted by atomic mass is 19.3. The van der Waals surface area contributed by atoms with Gasteiger partial charge in [-0.3, -0.25) is 9.88 Å². The van der Waals surface area contributed by atoms with E-state index in [1.807, 2.05) is 36.4 Å². The molecule has 4 aromatic rings. The van der Waals surface area contributed by atoms with Gasteiger partial charge in [0, 0.05) is 42.1 Å². The number of pyridine rings is 2. The van der Waals surface area contributed by atoms with Crippen LogP contribution in [0.5, 0.6) is 0 Å². The van der Waals surface area contributed by atoms with Crippen molar-refractivity contribution in [3.05, 3.63) is 72.2 Å². The molecule has 0 fully saturated rings. The third-order valence-corrected chi connectivity index (χ3v) is 7.37. The molecule has 11 heteroatoms. The first kappa shape index (κ1) is 29.2. The summed E-state index contributed by atoms with van der Waals surface area (Å²) in [6, 6.07) is 14.1. The van der Waals surface area contributed by atoms with Crippen molar-refractivity contribution in [3.63, 3.8) is 0 Å². The molecule has 9 nitrogen and oxygen atoms in total. The van der Waals surface area contributed by atoms with Crippen LogP contribution in [0.25, 0.3) is 22.3 Å². The van der Waals surface area contributed by atoms with Gasteiger partial charge in [0.2, 0.25) is 0 Å². The molecule has 0 aliphatic carbocycles. The molecule has 0 spiro atoms. The van der Waals surface area contributed by atoms with E-state index in [2.05, 4.69) is 31.7 Å². The second-order valence-corrected chi connectivity index (χ2v) is 10.5. The predicted octanol–water partition coefficient (Wildman–Crippen LogP) is 5.29. The molecule has 0 radical (unpaired) electrons. The Morgan fingerprint density at radius 1 is 1.05 bits per heavy atom. The molecule has 0 saturated heterocycles. The highest BCUT2D eigenvalue weighted by Gasteiger charge is 2.22. The number of fused-ring (bicyclic) bond motifs is 2. The minimum atomic E-state index is -2.51. The number of carboxylic acids is 1. The molecule has 0 amide bonds. The first-order valence-electron chi connectivity index (χ1n) is 14.4. The number of alkyl halides is 2. The molecule has 42 heavy (non-hydrogen) atoms. The number of hydrogen-bond donors (Lipinski definition) is 3. The molecule has 1 unspecified atom stereocenters. The van der Waals surface area contributed by atoms with Crippen LogP contribution >= 0.6 is 0 Å². The van der Waals surface area contributed by atoms with Crippen LogP contribution in [0.15, 0.2) is 60.9 Å². The Morgan fingerprint density at radius 2 is 1.93 bits per heavy atom. The maximum atomic E-state index is 13.4. The average molecular weight is 576 g/mol. The van der Waals surface area contributed by atoms with E-state index >= 15 is 0 Å². The van der Waals surface area contributed by atoms with E-state index < -0.39 is 25.0 Å². The maximum Gasteiger partial charge on any atom is 0.326 e. The summed E-state index contributed by atoms with van der Waals surface area (Å²) in [6.07, 6.45) is 5.31. The number of aromatic nitrogens is 4. The molecule has 3 aromatic heterocycles. The van der Waals surface area contributed by atoms with Crippen molar-refractivity contribution in [2.75, 3.05) is 36.8 Å². The number of nitrogens with zero attached hydrogens (tertiary/aromatic N) is 5. The molecule has 1 atom stereocenters. The third-order valence-electron chi connectivity index (χ3n) is 7.37. The van der Waals surface area contributed by atoms with E-state index in [9.17, 15) is 18.7 Å². The molecule has 220 valence electrons. The second-order valence-electron chi connectivity index (χ2n) is 10.5. The summed E-state index contributed by atoms with van der Waals surface area (Å²) in [5.41, 5.74) is 3.57. The number of aryl methyl sites for hydroxylation is 2. The van der Waals surface area contributed by atoms with Crippen LogP contribution in [-0.2, 0) is 17.6 Å². The monoisotopic (exact) mass is 575 g/mol. The molecular weight excluding hydrogens is 540 g/mol. The van der Waals surface area contributed by atoms with E-state index in [4.69, 9.17) is 4.98 Å². The maximum absolute atomic E-state index is 13.4. The van der Waals surface area contributed by atoms with Gasteiger partial charge in [0.25, 0.3) is 6.43 Å². The number of nitrogens with one attached hydrogen (secondary N) is 2. The van der Waals surface area contributed by atoms with Gasteiger partial charge in [0.15, 0.2) is 5.82 Å². The van der Waals surface area contributed by atoms with Gasteiger partial charge < -0.3 is 15.7 Å². The van der Waals surface area contributed by atoms with Crippen LogP contribution in [-0.4, -0.2) is 74.6 Å². The number of hydrogen-bond acceptors (Lipinski definition) is 8. The number of carbonyl (C=O) groups is 1. The van der Waals surface area contributed by atoms with Crippen LogP contribution in [0.1, 0.15) is 36.9 Å². The summed E-state index contributed by atoms with van der Waals surface area (Å²) < 4.78 is 26.8. The van der Waals surface area contributed by atoms with Gasteiger partial charge >= 0.3 is 5.97 Å². The summed E-state index contributed by atoms with van der Waals surface area (Å²) in [4.78, 5) is 32.0. The van der Waals surface area contributed by atoms with Gasteiger partial charge in [-0.05, 0) is 81.0 Å². The Labute approximate surface area is 243 Å². The summed E-state index contributed by atoms with van der Waals surface area (Å²) in [6.45, 7) is 1.17. The van der Waals surface area contributed by atoms with Crippen LogP contribution in [0, 0.1) is 0 Å². The molecular formula is C31H35F2N7O2. The summed E-state index contributed by atoms with van der Waals surface area (Å²) in [5, 5.41) is 17.1. The van der Waals surface area contributed by atoms with Crippen molar-refractivity contribution in [2.45, 2.75) is 51.0 Å². The van der Waals surface area contributed by atoms with Gasteiger partial charge in [-0.1, -0.05) is 18.2 Å². The Morgan fingerprint density at radius 3 is 2.74 bits per heavy atom. The van der Waals surface area contributed by atoms with Crippen molar-refractivity contribution in [3.8, 4) is 11.4 Å². The summed E-state index contributed by atoms with van der Waals surface area (Å²) in [5.74, 6) is 0.662. The van der Waals surface area contributed by atoms with Gasteiger partial charge in [-0.2, -0.15) is 0 Å². The zero-order valence-corrected chi connectivity index (χ0v) is 23.3. The third kappa shape index (κ3) is 7.73. The molecule has 0 saturated carbocycles. The zero-order chi connectivity index (χ0) is 29.3. The minimum absolute atomic E-state index is 0.126. The molecule has 3 N–H and O–H groups in total. The Balaban J connectivity index is 1.22. The summed E-state index contributed by atoms with van der Waals surface area (Å²) >= 11 is 0. The molecule has 0 bridgehead atoms. The van der Waals surface area contributed by atoms with Gasteiger partial charge in [-0.15, -0.1) is 0 Å². The molecule has 1 aliphatic heterocycles. The normalized spacial score (nSPS) is 13.6. The number of para-hydroxylation sites is 1. The first-order chi connectivity index (χ1) is 20.5. The molecule has 1 aromatic carbocycles. The SMILES string of the molecule is O=C(O)C(CCN(CCCCc1ccc2c(n1)NCCC2)CC(F)F)Nc1nc(-c2cccnc2)nc2ccccc12. The Bertz CT molecular complexity index is 1490. The number of carboxylic acid groups (broad SMARTS) is 1. The van der Waals surface area contributed by atoms with E-state index in [0.29, 0.717) is 41.1 Å². The summed E-state index contributed by atoms with van der Waals surface area (Å²) in [7, 11) is 0. The standard InChI is InChI=1S/C31H35F2N7O2/c32-27(33)20-40(17-4-3-9-23-13-12-21-7-6-16-35-28(21)36-23)18-14-26(31(41)42)38-30-24-10-1-2-11-25(24)37-29(39-30)22-8-5-15-34-19-22/h1-2,5,8,10-13,15,19,26-27H,3-4,6-7,9,14,16-18,20H2,(H,35,36)(H,41,42)(H,37,38,39). The van der Waals surface area contributed by atoms with E-state index in [0.717, 1.165) is 43.7 Å². The van der Waals surface area contributed by atoms with Gasteiger partial charge in [0.1, 0.15) is 17.7 Å². The van der Waals surface area contributed by atoms with Crippen molar-refractivity contribution in [1.29, 1.82) is 0 Å². The number of anilines is 2. The van der Waals surface area contributed by atoms with Crippen LogP contribution < -0.4 is 10.6 Å². The Hall–Kier alpha value is -4.25. The fourth-order valence-corrected chi connectivity index (χ4v) is 5.18. The number of rotatable bonds is 14. The van der Waals surface area contributed by atoms with Crippen molar-refractivity contribution in [2.24, 2.45) is 0 Å². The quantitative estimate of drug-likeness (QED) is 0.173. The van der Waals surface area contributed by atoms with Gasteiger partial charge in [0.05, 0.1) is 12.1 Å². The van der Waals surface area contributed by atoms with E-state index in [-0.39, 0.29) is 13.0 Å². The lowest BCUT2D eigenvalue weighted by Gasteiger charge is -2.24. The Kier molecular flexibility index (Phi) is 9.81. The average Bonchev–Trinajstić information content (AvgIpc) is 3.00. The van der Waals surface area contributed by atoms with Crippen molar-refractivity contribution < 1.29 is 18.7 Å². The minimum Gasteiger partial charge on any atom is -0.480 e. The second kappa shape index (κ2) is 14.1. The van der Waals surface area contributed by atoms with Crippen LogP contribution in [0.2, 0.25) is 0 Å². The lowest BCUT2D eigenvalue weighted by Crippen LogP contribution is -2.37. The fraction of sp³-hybridized carbons (Fsp3) is 0.387. The predicted molar refractivity (Wildman–Crippen MR) is 159 cm³/mol.